The normalized spacial score (nSPS) is 24.1. The number of benzene rings is 2. The number of fused-ring (bicyclic) bond motifs is 7. The van der Waals surface area contributed by atoms with Crippen LogP contribution in [0.1, 0.15) is 77.2 Å². The van der Waals surface area contributed by atoms with Crippen LogP contribution in [-0.2, 0) is 11.2 Å². The standard InChI is InChI=1S/C41H48FN7O5/c1-26-9-4-19-49(26)39(51)54-29-21-28-11-3-10-27-12-5-20-52-38(50)46-40(2)13-6-16-47(24-40)36-31-23-43-34(30(22-29)32(27)28)33(42)35(31)44-37(45-36)53-25-41-14-7-17-48(41)18-8-15-41/h3,10-11,21-23,26H,4-9,12-20,24-25H2,1-2H3,(H,46,50). The molecule has 284 valence electrons. The van der Waals surface area contributed by atoms with E-state index in [0.29, 0.717) is 61.6 Å². The number of carbonyl (C=O) groups excluding carboxylic acids is 2. The molecule has 2 atom stereocenters. The van der Waals surface area contributed by atoms with Crippen molar-refractivity contribution in [2.45, 2.75) is 95.2 Å². The molecule has 12 nitrogen and oxygen atoms in total. The lowest BCUT2D eigenvalue weighted by Gasteiger charge is -2.41. The predicted octanol–water partition coefficient (Wildman–Crippen LogP) is 7.01. The van der Waals surface area contributed by atoms with E-state index >= 15 is 4.39 Å². The number of aromatic nitrogens is 3. The van der Waals surface area contributed by atoms with Crippen molar-refractivity contribution in [2.75, 3.05) is 50.8 Å². The minimum atomic E-state index is -0.608. The molecule has 0 aliphatic carbocycles. The number of hydrogen-bond acceptors (Lipinski definition) is 10. The van der Waals surface area contributed by atoms with Gasteiger partial charge in [-0.1, -0.05) is 18.2 Å². The van der Waals surface area contributed by atoms with E-state index in [2.05, 4.69) is 15.1 Å². The van der Waals surface area contributed by atoms with Crippen LogP contribution in [0.15, 0.2) is 36.5 Å². The van der Waals surface area contributed by atoms with Gasteiger partial charge in [0, 0.05) is 37.4 Å². The largest absolute Gasteiger partial charge is 0.461 e. The number of alkyl carbamates (subject to hydrolysis) is 1. The lowest BCUT2D eigenvalue weighted by Crippen LogP contribution is -2.57. The third kappa shape index (κ3) is 6.33. The second-order valence-electron chi connectivity index (χ2n) is 16.2. The van der Waals surface area contributed by atoms with E-state index in [9.17, 15) is 9.59 Å². The molecule has 4 fully saturated rings. The summed E-state index contributed by atoms with van der Waals surface area (Å²) < 4.78 is 35.7. The molecule has 1 N–H and O–H groups in total. The summed E-state index contributed by atoms with van der Waals surface area (Å²) in [6.07, 6.45) is 9.59. The number of rotatable bonds is 4. The average molecular weight is 738 g/mol. The molecule has 13 heteroatoms. The maximum absolute atomic E-state index is 17.5. The molecule has 4 saturated heterocycles. The first-order chi connectivity index (χ1) is 26.2. The number of aryl methyl sites for hydroxylation is 1. The summed E-state index contributed by atoms with van der Waals surface area (Å²) in [5.74, 6) is 0.220. The van der Waals surface area contributed by atoms with Crippen molar-refractivity contribution in [2.24, 2.45) is 0 Å². The zero-order valence-corrected chi connectivity index (χ0v) is 31.2. The van der Waals surface area contributed by atoms with Gasteiger partial charge in [-0.2, -0.15) is 9.97 Å². The van der Waals surface area contributed by atoms with Crippen molar-refractivity contribution >= 4 is 39.7 Å². The van der Waals surface area contributed by atoms with E-state index in [1.54, 1.807) is 17.2 Å². The Bertz CT molecular complexity index is 2120. The van der Waals surface area contributed by atoms with Crippen LogP contribution in [0.25, 0.3) is 32.9 Å². The number of piperidine rings is 1. The Kier molecular flexibility index (Phi) is 8.94. The molecule has 4 aromatic rings. The van der Waals surface area contributed by atoms with Crippen LogP contribution in [0.2, 0.25) is 0 Å². The maximum Gasteiger partial charge on any atom is 0.415 e. The Balaban J connectivity index is 1.20. The third-order valence-corrected chi connectivity index (χ3v) is 12.4. The van der Waals surface area contributed by atoms with E-state index in [1.165, 1.54) is 0 Å². The van der Waals surface area contributed by atoms with Crippen LogP contribution < -0.4 is 19.7 Å². The Morgan fingerprint density at radius 3 is 2.70 bits per heavy atom. The molecule has 6 aliphatic heterocycles. The average Bonchev–Trinajstić information content (AvgIpc) is 3.88. The minimum Gasteiger partial charge on any atom is -0.461 e. The van der Waals surface area contributed by atoms with Crippen molar-refractivity contribution in [3.8, 4) is 23.0 Å². The van der Waals surface area contributed by atoms with Crippen molar-refractivity contribution in [3.63, 3.8) is 0 Å². The Labute approximate surface area is 314 Å². The van der Waals surface area contributed by atoms with Gasteiger partial charge in [-0.15, -0.1) is 0 Å². The molecule has 0 radical (unpaired) electrons. The molecule has 2 aromatic carbocycles. The van der Waals surface area contributed by atoms with Crippen LogP contribution in [0.4, 0.5) is 19.8 Å². The fourth-order valence-corrected chi connectivity index (χ4v) is 9.70. The highest BCUT2D eigenvalue weighted by Gasteiger charge is 2.45. The molecule has 0 spiro atoms. The fourth-order valence-electron chi connectivity index (χ4n) is 9.70. The van der Waals surface area contributed by atoms with E-state index in [0.717, 1.165) is 80.8 Å². The molecular formula is C41H48FN7O5. The monoisotopic (exact) mass is 737 g/mol. The molecule has 10 rings (SSSR count). The zero-order valence-electron chi connectivity index (χ0n) is 31.2. The quantitative estimate of drug-likeness (QED) is 0.234. The van der Waals surface area contributed by atoms with Crippen LogP contribution in [-0.4, -0.2) is 100.0 Å². The van der Waals surface area contributed by atoms with Gasteiger partial charge in [0.05, 0.1) is 23.1 Å². The summed E-state index contributed by atoms with van der Waals surface area (Å²) in [5, 5.41) is 5.13. The molecular weight excluding hydrogens is 689 g/mol. The number of likely N-dealkylation sites (tertiary alicyclic amines) is 1. The van der Waals surface area contributed by atoms with Gasteiger partial charge >= 0.3 is 18.2 Å². The van der Waals surface area contributed by atoms with Crippen molar-refractivity contribution in [1.29, 1.82) is 0 Å². The van der Waals surface area contributed by atoms with Crippen LogP contribution in [0, 0.1) is 5.82 Å². The summed E-state index contributed by atoms with van der Waals surface area (Å²) in [6, 6.07) is 9.59. The highest BCUT2D eigenvalue weighted by molar-refractivity contribution is 6.02. The lowest BCUT2D eigenvalue weighted by atomic mass is 9.91. The Morgan fingerprint density at radius 1 is 1.06 bits per heavy atom. The fraction of sp³-hybridized carbons (Fsp3) is 0.537. The summed E-state index contributed by atoms with van der Waals surface area (Å²) in [6.45, 7) is 8.50. The van der Waals surface area contributed by atoms with Gasteiger partial charge in [-0.05, 0) is 120 Å². The van der Waals surface area contributed by atoms with Crippen molar-refractivity contribution in [3.05, 3.63) is 47.9 Å². The number of nitrogens with one attached hydrogen (secondary N) is 1. The van der Waals surface area contributed by atoms with Gasteiger partial charge in [0.25, 0.3) is 0 Å². The number of nitrogens with zero attached hydrogens (tertiary/aromatic N) is 6. The van der Waals surface area contributed by atoms with Gasteiger partial charge in [0.15, 0.2) is 5.82 Å². The third-order valence-electron chi connectivity index (χ3n) is 12.4. The molecule has 2 unspecified atom stereocenters. The van der Waals surface area contributed by atoms with E-state index in [1.807, 2.05) is 38.1 Å². The smallest absolute Gasteiger partial charge is 0.415 e. The SMILES string of the molecule is CC1CCCN1C(=O)Oc1cc2c3c(cccc3c1)CCCOC(=O)NC1(C)CCCN(C1)c1nc(OCC34CCCN3CCC4)nc3c(F)c-2ncc13. The highest BCUT2D eigenvalue weighted by atomic mass is 19.1. The second-order valence-corrected chi connectivity index (χ2v) is 16.2. The lowest BCUT2D eigenvalue weighted by molar-refractivity contribution is 0.107. The maximum atomic E-state index is 17.5. The Hall–Kier alpha value is -4.78. The van der Waals surface area contributed by atoms with E-state index in [4.69, 9.17) is 29.2 Å². The molecule has 54 heavy (non-hydrogen) atoms. The molecule has 2 amide bonds. The second kappa shape index (κ2) is 13.8. The van der Waals surface area contributed by atoms with Crippen LogP contribution >= 0.6 is 0 Å². The molecule has 6 aliphatic rings. The number of halogens is 1. The molecule has 8 heterocycles. The first-order valence-corrected chi connectivity index (χ1v) is 19.7. The van der Waals surface area contributed by atoms with E-state index in [-0.39, 0.29) is 35.4 Å². The van der Waals surface area contributed by atoms with Gasteiger partial charge in [-0.3, -0.25) is 9.88 Å². The first-order valence-electron chi connectivity index (χ1n) is 19.7. The van der Waals surface area contributed by atoms with Crippen LogP contribution in [0.3, 0.4) is 0 Å². The topological polar surface area (TPSA) is 122 Å². The number of ether oxygens (including phenoxy) is 3. The highest BCUT2D eigenvalue weighted by Crippen LogP contribution is 2.42. The molecule has 2 aromatic heterocycles. The van der Waals surface area contributed by atoms with Gasteiger partial charge in [0.2, 0.25) is 0 Å². The van der Waals surface area contributed by atoms with Crippen molar-refractivity contribution < 1.29 is 28.2 Å². The summed E-state index contributed by atoms with van der Waals surface area (Å²) in [5.41, 5.74) is 0.961. The van der Waals surface area contributed by atoms with Crippen LogP contribution in [0.5, 0.6) is 11.8 Å². The number of carbonyl (C=O) groups is 2. The van der Waals surface area contributed by atoms with E-state index < -0.39 is 23.5 Å². The van der Waals surface area contributed by atoms with Gasteiger partial charge < -0.3 is 29.3 Å². The molecule has 0 saturated carbocycles. The number of pyridine rings is 1. The summed E-state index contributed by atoms with van der Waals surface area (Å²) >= 11 is 0. The first kappa shape index (κ1) is 35.0. The number of amides is 2. The van der Waals surface area contributed by atoms with Gasteiger partial charge in [0.1, 0.15) is 29.4 Å². The minimum absolute atomic E-state index is 0.0548. The van der Waals surface area contributed by atoms with Crippen molar-refractivity contribution in [1.82, 2.24) is 30.1 Å². The number of anilines is 1. The Morgan fingerprint density at radius 2 is 1.89 bits per heavy atom. The van der Waals surface area contributed by atoms with Gasteiger partial charge in [-0.25, -0.2) is 14.0 Å². The molecule has 6 bridgehead atoms. The number of hydrogen-bond donors (Lipinski definition) is 1. The predicted molar refractivity (Wildman–Crippen MR) is 203 cm³/mol. The zero-order chi connectivity index (χ0) is 37.0. The summed E-state index contributed by atoms with van der Waals surface area (Å²) in [4.78, 5) is 47.3. The summed E-state index contributed by atoms with van der Waals surface area (Å²) in [7, 11) is 0.